The number of aliphatic hydroxyl groups excluding tert-OH is 1. The number of allylic oxidation sites excluding steroid dienone is 12. The van der Waals surface area contributed by atoms with Gasteiger partial charge < -0.3 is 29.3 Å². The van der Waals surface area contributed by atoms with Crippen LogP contribution in [0.15, 0.2) is 72.9 Å². The van der Waals surface area contributed by atoms with Crippen molar-refractivity contribution in [2.24, 2.45) is 0 Å². The fourth-order valence-corrected chi connectivity index (χ4v) is 6.39. The van der Waals surface area contributed by atoms with E-state index in [2.05, 4.69) is 71.5 Å². The summed E-state index contributed by atoms with van der Waals surface area (Å²) in [5.41, 5.74) is 0. The second-order valence-electron chi connectivity index (χ2n) is 14.3. The highest BCUT2D eigenvalue weighted by Crippen LogP contribution is 2.43. The zero-order chi connectivity index (χ0) is 44.6. The fraction of sp³-hybridized carbons (Fsp3) is 0.659. The van der Waals surface area contributed by atoms with Gasteiger partial charge in [-0.15, -0.1) is 0 Å². The molecule has 60 heavy (non-hydrogen) atoms. The molecule has 16 heteroatoms. The van der Waals surface area contributed by atoms with Gasteiger partial charge in [-0.25, -0.2) is 9.13 Å². The maximum absolute atomic E-state index is 12.6. The Balaban J connectivity index is 4.75. The summed E-state index contributed by atoms with van der Waals surface area (Å²) in [5, 5.41) is 9.74. The third-order valence-corrected chi connectivity index (χ3v) is 10.00. The molecule has 0 aliphatic heterocycles. The van der Waals surface area contributed by atoms with Crippen LogP contribution in [0.1, 0.15) is 149 Å². The standard InChI is InChI=1S/C44H74O14P2/c1-3-5-7-9-11-13-15-17-18-20-22-24-26-28-30-34-44(48)58-42(39-57-60(52,53)56-37-41(46)36-55-59(49,50)51)38-54-43(47)35-31-33-40(45)32-29-27-25-23-21-19-16-14-12-10-8-6-4-2/h12-15,17-19,21,25,27,29,32,41-42,46H,3-11,16,20,22-24,26,28,30-31,33-39H2,1-2H3,(H,52,53)(H2,49,50,51)/b14-12-,15-13-,18-17-,21-19-,27-25-,32-29+/t41-,42+/m0/s1. The minimum Gasteiger partial charge on any atom is -0.462 e. The Morgan fingerprint density at radius 1 is 0.533 bits per heavy atom. The van der Waals surface area contributed by atoms with E-state index in [4.69, 9.17) is 23.8 Å². The predicted molar refractivity (Wildman–Crippen MR) is 235 cm³/mol. The zero-order valence-corrected chi connectivity index (χ0v) is 37.8. The Kier molecular flexibility index (Phi) is 37.3. The lowest BCUT2D eigenvalue weighted by Gasteiger charge is -2.20. The first kappa shape index (κ1) is 57.2. The lowest BCUT2D eigenvalue weighted by atomic mass is 10.1. The summed E-state index contributed by atoms with van der Waals surface area (Å²) in [6, 6.07) is 0. The maximum atomic E-state index is 12.6. The van der Waals surface area contributed by atoms with Crippen LogP contribution >= 0.6 is 15.6 Å². The summed E-state index contributed by atoms with van der Waals surface area (Å²) in [5.74, 6) is -1.47. The zero-order valence-electron chi connectivity index (χ0n) is 36.0. The fourth-order valence-electron chi connectivity index (χ4n) is 5.23. The molecule has 0 rings (SSSR count). The van der Waals surface area contributed by atoms with Crippen LogP contribution in [0.4, 0.5) is 0 Å². The molecule has 0 amide bonds. The summed E-state index contributed by atoms with van der Waals surface area (Å²) in [4.78, 5) is 64.9. The molecule has 0 fully saturated rings. The van der Waals surface area contributed by atoms with Crippen LogP contribution in [0.2, 0.25) is 0 Å². The van der Waals surface area contributed by atoms with E-state index in [-0.39, 0.29) is 31.5 Å². The quantitative estimate of drug-likeness (QED) is 0.0113. The third-order valence-electron chi connectivity index (χ3n) is 8.56. The summed E-state index contributed by atoms with van der Waals surface area (Å²) < 4.78 is 47.5. The van der Waals surface area contributed by atoms with E-state index in [0.717, 1.165) is 57.8 Å². The number of hydrogen-bond donors (Lipinski definition) is 4. The maximum Gasteiger partial charge on any atom is 0.472 e. The topological polar surface area (TPSA) is 212 Å². The first-order valence-corrected chi connectivity index (χ1v) is 24.6. The Morgan fingerprint density at radius 2 is 1.05 bits per heavy atom. The highest BCUT2D eigenvalue weighted by molar-refractivity contribution is 7.47. The van der Waals surface area contributed by atoms with Crippen molar-refractivity contribution < 1.29 is 66.3 Å². The molecule has 1 unspecified atom stereocenters. The van der Waals surface area contributed by atoms with E-state index in [1.807, 2.05) is 6.08 Å². The van der Waals surface area contributed by atoms with Gasteiger partial charge in [0.05, 0.1) is 19.8 Å². The number of phosphoric ester groups is 2. The predicted octanol–water partition coefficient (Wildman–Crippen LogP) is 10.2. The van der Waals surface area contributed by atoms with E-state index in [1.165, 1.54) is 51.0 Å². The van der Waals surface area contributed by atoms with Crippen molar-refractivity contribution in [1.29, 1.82) is 0 Å². The molecule has 3 atom stereocenters. The van der Waals surface area contributed by atoms with Crippen LogP contribution in [0.5, 0.6) is 0 Å². The first-order chi connectivity index (χ1) is 28.8. The van der Waals surface area contributed by atoms with Gasteiger partial charge in [0.15, 0.2) is 11.9 Å². The van der Waals surface area contributed by atoms with Gasteiger partial charge >= 0.3 is 27.6 Å². The van der Waals surface area contributed by atoms with Crippen molar-refractivity contribution in [3.05, 3.63) is 72.9 Å². The Bertz CT molecular complexity index is 1400. The molecule has 0 bridgehead atoms. The average molecular weight is 889 g/mol. The minimum atomic E-state index is -4.89. The lowest BCUT2D eigenvalue weighted by molar-refractivity contribution is -0.161. The second kappa shape index (κ2) is 39.1. The van der Waals surface area contributed by atoms with E-state index in [0.29, 0.717) is 6.42 Å². The molecule has 344 valence electrons. The molecule has 0 aromatic carbocycles. The molecule has 14 nitrogen and oxygen atoms in total. The Labute approximate surface area is 359 Å². The molecule has 4 N–H and O–H groups in total. The van der Waals surface area contributed by atoms with Crippen LogP contribution in [-0.4, -0.2) is 76.1 Å². The largest absolute Gasteiger partial charge is 0.472 e. The van der Waals surface area contributed by atoms with Crippen molar-refractivity contribution in [1.82, 2.24) is 0 Å². The van der Waals surface area contributed by atoms with Gasteiger partial charge in [-0.3, -0.25) is 28.0 Å². The molecule has 0 saturated carbocycles. The number of unbranched alkanes of at least 4 members (excludes halogenated alkanes) is 12. The van der Waals surface area contributed by atoms with Gasteiger partial charge in [0.2, 0.25) is 0 Å². The van der Waals surface area contributed by atoms with Crippen LogP contribution in [-0.2, 0) is 46.6 Å². The summed E-state index contributed by atoms with van der Waals surface area (Å²) >= 11 is 0. The number of rotatable bonds is 40. The molecular formula is C44H74O14P2. The van der Waals surface area contributed by atoms with Gasteiger partial charge in [-0.05, 0) is 70.3 Å². The molecule has 0 saturated heterocycles. The molecule has 0 aromatic heterocycles. The van der Waals surface area contributed by atoms with Crippen molar-refractivity contribution in [3.8, 4) is 0 Å². The third kappa shape index (κ3) is 41.9. The first-order valence-electron chi connectivity index (χ1n) is 21.6. The smallest absolute Gasteiger partial charge is 0.462 e. The van der Waals surface area contributed by atoms with Crippen LogP contribution in [0.25, 0.3) is 0 Å². The van der Waals surface area contributed by atoms with E-state index in [9.17, 15) is 33.5 Å². The van der Waals surface area contributed by atoms with E-state index in [1.54, 1.807) is 12.2 Å². The van der Waals surface area contributed by atoms with Crippen molar-refractivity contribution in [2.75, 3.05) is 26.4 Å². The normalized spacial score (nSPS) is 14.6. The molecular weight excluding hydrogens is 814 g/mol. The number of esters is 2. The number of hydrogen-bond acceptors (Lipinski definition) is 11. The average Bonchev–Trinajstić information content (AvgIpc) is 3.20. The number of carbonyl (C=O) groups excluding carboxylic acids is 3. The van der Waals surface area contributed by atoms with Crippen molar-refractivity contribution in [3.63, 3.8) is 0 Å². The number of ketones is 1. The molecule has 0 heterocycles. The molecule has 0 spiro atoms. The van der Waals surface area contributed by atoms with Crippen molar-refractivity contribution in [2.45, 2.75) is 161 Å². The highest BCUT2D eigenvalue weighted by Gasteiger charge is 2.28. The molecule has 0 aliphatic rings. The van der Waals surface area contributed by atoms with Crippen LogP contribution in [0.3, 0.4) is 0 Å². The second-order valence-corrected chi connectivity index (χ2v) is 17.0. The summed E-state index contributed by atoms with van der Waals surface area (Å²) in [6.45, 7) is 1.41. The monoisotopic (exact) mass is 888 g/mol. The number of phosphoric acid groups is 2. The SMILES string of the molecule is CCCCC/C=C\C/C=C\C/C=C\C=C\C(=O)CCCC(=O)OC[C@H](COP(=O)(O)OC[C@@H](O)COP(=O)(O)O)OC(=O)CCCCCCC/C=C\C=C/CCCCCC. The van der Waals surface area contributed by atoms with Crippen LogP contribution in [0, 0.1) is 0 Å². The minimum absolute atomic E-state index is 0.0603. The van der Waals surface area contributed by atoms with Gasteiger partial charge in [0.1, 0.15) is 12.7 Å². The number of aliphatic hydroxyl groups is 1. The van der Waals surface area contributed by atoms with Gasteiger partial charge in [-0.1, -0.05) is 132 Å². The van der Waals surface area contributed by atoms with E-state index >= 15 is 0 Å². The Hall–Kier alpha value is -2.77. The number of carbonyl (C=O) groups is 3. The summed E-state index contributed by atoms with van der Waals surface area (Å²) in [6.07, 6.45) is 39.0. The van der Waals surface area contributed by atoms with Gasteiger partial charge in [0.25, 0.3) is 0 Å². The molecule has 0 aromatic rings. The lowest BCUT2D eigenvalue weighted by Crippen LogP contribution is -2.30. The van der Waals surface area contributed by atoms with Gasteiger partial charge in [-0.2, -0.15) is 0 Å². The van der Waals surface area contributed by atoms with Gasteiger partial charge in [0, 0.05) is 19.3 Å². The highest BCUT2D eigenvalue weighted by atomic mass is 31.2. The Morgan fingerprint density at radius 3 is 1.73 bits per heavy atom. The number of ether oxygens (including phenoxy) is 2. The molecule has 0 aliphatic carbocycles. The van der Waals surface area contributed by atoms with Crippen LogP contribution < -0.4 is 0 Å². The molecule has 0 radical (unpaired) electrons. The van der Waals surface area contributed by atoms with Crippen molar-refractivity contribution >= 4 is 33.4 Å². The van der Waals surface area contributed by atoms with E-state index < -0.39 is 66.2 Å². The summed E-state index contributed by atoms with van der Waals surface area (Å²) in [7, 11) is -9.76.